The van der Waals surface area contributed by atoms with Crippen LogP contribution in [0.25, 0.3) is 5.65 Å². The minimum Gasteiger partial charge on any atom is -0.465 e. The molecule has 1 aromatic carbocycles. The fourth-order valence-corrected chi connectivity index (χ4v) is 3.63. The zero-order valence-electron chi connectivity index (χ0n) is 14.8. The number of methoxy groups -OCH3 is 1. The number of carbonyl (C=O) groups is 1. The van der Waals surface area contributed by atoms with Crippen molar-refractivity contribution in [2.24, 2.45) is 0 Å². The molecule has 0 saturated heterocycles. The lowest BCUT2D eigenvalue weighted by molar-refractivity contribution is 0.0602. The third kappa shape index (κ3) is 4.04. The highest BCUT2D eigenvalue weighted by Crippen LogP contribution is 2.33. The number of carbonyl (C=O) groups excluding carboxylic acids is 1. The highest BCUT2D eigenvalue weighted by atomic mass is 35.5. The Bertz CT molecular complexity index is 1220. The molecule has 0 aliphatic rings. The Kier molecular flexibility index (Phi) is 5.78. The van der Waals surface area contributed by atoms with E-state index in [0.717, 1.165) is 17.7 Å². The molecule has 29 heavy (non-hydrogen) atoms. The maximum atomic E-state index is 13.6. The highest BCUT2D eigenvalue weighted by molar-refractivity contribution is 7.92. The van der Waals surface area contributed by atoms with Gasteiger partial charge in [0.25, 0.3) is 15.2 Å². The Morgan fingerprint density at radius 2 is 2.03 bits per heavy atom. The van der Waals surface area contributed by atoms with Gasteiger partial charge in [0.15, 0.2) is 5.65 Å². The molecule has 0 aliphatic carbocycles. The van der Waals surface area contributed by atoms with E-state index in [9.17, 15) is 17.6 Å². The van der Waals surface area contributed by atoms with Gasteiger partial charge >= 0.3 is 12.0 Å². The molecule has 3 aromatic rings. The third-order valence-electron chi connectivity index (χ3n) is 3.49. The molecule has 0 bridgehead atoms. The number of nitrogens with one attached hydrogen (secondary N) is 1. The van der Waals surface area contributed by atoms with Gasteiger partial charge in [0.05, 0.1) is 29.4 Å². The van der Waals surface area contributed by atoms with Crippen molar-refractivity contribution in [1.29, 1.82) is 0 Å². The van der Waals surface area contributed by atoms with Gasteiger partial charge in [-0.15, -0.1) is 5.10 Å². The number of nitrogens with zero attached hydrogens (tertiary/aromatic N) is 4. The van der Waals surface area contributed by atoms with Crippen LogP contribution < -0.4 is 9.46 Å². The zero-order chi connectivity index (χ0) is 21.3. The van der Waals surface area contributed by atoms with E-state index in [1.165, 1.54) is 12.1 Å². The molecule has 0 amide bonds. The number of fused-ring (bicyclic) bond motifs is 1. The Morgan fingerprint density at radius 3 is 2.69 bits per heavy atom. The predicted octanol–water partition coefficient (Wildman–Crippen LogP) is 2.56. The Hall–Kier alpha value is -2.70. The maximum Gasteiger partial charge on any atom is 0.341 e. The molecule has 2 aromatic heterocycles. The summed E-state index contributed by atoms with van der Waals surface area (Å²) in [7, 11) is -3.33. The predicted molar refractivity (Wildman–Crippen MR) is 101 cm³/mol. The van der Waals surface area contributed by atoms with E-state index in [1.54, 1.807) is 6.92 Å². The summed E-state index contributed by atoms with van der Waals surface area (Å²) >= 11 is 11.9. The fraction of sp³-hybridized carbons (Fsp3) is 0.200. The van der Waals surface area contributed by atoms with E-state index >= 15 is 0 Å². The molecule has 0 saturated carbocycles. The van der Waals surface area contributed by atoms with Crippen molar-refractivity contribution in [1.82, 2.24) is 19.6 Å². The lowest BCUT2D eigenvalue weighted by Crippen LogP contribution is -2.18. The van der Waals surface area contributed by atoms with Crippen molar-refractivity contribution < 1.29 is 27.1 Å². The van der Waals surface area contributed by atoms with Crippen LogP contribution in [0.15, 0.2) is 23.4 Å². The highest BCUT2D eigenvalue weighted by Gasteiger charge is 2.27. The second kappa shape index (κ2) is 7.97. The van der Waals surface area contributed by atoms with Crippen molar-refractivity contribution in [3.05, 3.63) is 39.8 Å². The molecule has 2 heterocycles. The number of hydrogen-bond acceptors (Lipinski definition) is 8. The number of benzene rings is 1. The van der Waals surface area contributed by atoms with Crippen LogP contribution in [0, 0.1) is 5.95 Å². The molecule has 0 fully saturated rings. The first-order valence-corrected chi connectivity index (χ1v) is 10.1. The third-order valence-corrected chi connectivity index (χ3v) is 5.43. The molecule has 3 rings (SSSR count). The first kappa shape index (κ1) is 21.0. The summed E-state index contributed by atoms with van der Waals surface area (Å²) in [6.45, 7) is 1.77. The molecular weight excluding hydrogens is 452 g/mol. The Labute approximate surface area is 173 Å². The zero-order valence-corrected chi connectivity index (χ0v) is 17.1. The number of sulfonamides is 1. The smallest absolute Gasteiger partial charge is 0.341 e. The van der Waals surface area contributed by atoms with E-state index in [0.29, 0.717) is 0 Å². The number of rotatable bonds is 6. The number of ether oxygens (including phenoxy) is 2. The summed E-state index contributed by atoms with van der Waals surface area (Å²) in [4.78, 5) is 19.3. The van der Waals surface area contributed by atoms with Crippen LogP contribution in [0.3, 0.4) is 0 Å². The van der Waals surface area contributed by atoms with Gasteiger partial charge in [-0.3, -0.25) is 4.72 Å². The molecule has 10 nitrogen and oxygen atoms in total. The molecule has 0 unspecified atom stereocenters. The molecule has 1 N–H and O–H groups in total. The second-order valence-electron chi connectivity index (χ2n) is 5.34. The lowest BCUT2D eigenvalue weighted by atomic mass is 10.2. The average Bonchev–Trinajstić information content (AvgIpc) is 3.09. The topological polar surface area (TPSA) is 125 Å². The van der Waals surface area contributed by atoms with E-state index in [4.69, 9.17) is 27.9 Å². The van der Waals surface area contributed by atoms with Crippen molar-refractivity contribution in [2.45, 2.75) is 12.1 Å². The fourth-order valence-electron chi connectivity index (χ4n) is 2.28. The minimum absolute atomic E-state index is 0.0174. The van der Waals surface area contributed by atoms with Crippen LogP contribution in [0.2, 0.25) is 10.0 Å². The van der Waals surface area contributed by atoms with E-state index in [-0.39, 0.29) is 39.6 Å². The van der Waals surface area contributed by atoms with Gasteiger partial charge in [-0.05, 0) is 19.1 Å². The van der Waals surface area contributed by atoms with Crippen molar-refractivity contribution >= 4 is 50.5 Å². The SMILES string of the molecule is CCOc1nc(F)cc2nc(S(=O)(=O)Nc3ccc(Cl)c(Cl)c3C(=O)OC)nn12. The minimum atomic E-state index is -4.42. The summed E-state index contributed by atoms with van der Waals surface area (Å²) in [6, 6.07) is 3.12. The van der Waals surface area contributed by atoms with E-state index < -0.39 is 27.1 Å². The van der Waals surface area contributed by atoms with Gasteiger partial charge in [0.2, 0.25) is 5.95 Å². The normalized spacial score (nSPS) is 11.5. The lowest BCUT2D eigenvalue weighted by Gasteiger charge is -2.12. The quantitative estimate of drug-likeness (QED) is 0.436. The molecule has 154 valence electrons. The molecule has 0 radical (unpaired) electrons. The van der Waals surface area contributed by atoms with Gasteiger partial charge in [-0.2, -0.15) is 27.3 Å². The Morgan fingerprint density at radius 1 is 1.31 bits per heavy atom. The average molecular weight is 464 g/mol. The van der Waals surface area contributed by atoms with Crippen LogP contribution in [0.1, 0.15) is 17.3 Å². The van der Waals surface area contributed by atoms with Gasteiger partial charge in [-0.25, -0.2) is 4.79 Å². The van der Waals surface area contributed by atoms with Crippen LogP contribution in [0.5, 0.6) is 6.01 Å². The monoisotopic (exact) mass is 463 g/mol. The van der Waals surface area contributed by atoms with Crippen molar-refractivity contribution in [2.75, 3.05) is 18.4 Å². The molecule has 0 atom stereocenters. The van der Waals surface area contributed by atoms with Crippen LogP contribution >= 0.6 is 23.2 Å². The van der Waals surface area contributed by atoms with Crippen LogP contribution in [-0.4, -0.2) is 47.7 Å². The summed E-state index contributed by atoms with van der Waals surface area (Å²) < 4.78 is 52.0. The largest absolute Gasteiger partial charge is 0.465 e. The molecule has 0 spiro atoms. The maximum absolute atomic E-state index is 13.6. The van der Waals surface area contributed by atoms with E-state index in [1.807, 2.05) is 0 Å². The van der Waals surface area contributed by atoms with E-state index in [2.05, 4.69) is 24.5 Å². The van der Waals surface area contributed by atoms with Crippen LogP contribution in [-0.2, 0) is 14.8 Å². The van der Waals surface area contributed by atoms with Gasteiger partial charge in [0, 0.05) is 6.07 Å². The summed E-state index contributed by atoms with van der Waals surface area (Å²) in [6.07, 6.45) is 0. The number of anilines is 1. The molecule has 14 heteroatoms. The second-order valence-corrected chi connectivity index (χ2v) is 7.70. The number of aromatic nitrogens is 4. The number of hydrogen-bond donors (Lipinski definition) is 1. The first-order valence-electron chi connectivity index (χ1n) is 7.83. The Balaban J connectivity index is 2.09. The summed E-state index contributed by atoms with van der Waals surface area (Å²) in [5.41, 5.74) is -0.653. The van der Waals surface area contributed by atoms with Crippen molar-refractivity contribution in [3.63, 3.8) is 0 Å². The standard InChI is InChI=1S/C15H12Cl2FN5O5S/c1-3-28-15-19-9(18)6-10-20-14(21-23(10)15)29(25,26)22-8-5-4-7(16)12(17)11(8)13(24)27-2/h4-6,22H,3H2,1-2H3. The summed E-state index contributed by atoms with van der Waals surface area (Å²) in [5.74, 6) is -1.84. The number of halogens is 3. The van der Waals surface area contributed by atoms with Gasteiger partial charge in [-0.1, -0.05) is 23.2 Å². The molecular formula is C15H12Cl2FN5O5S. The first-order chi connectivity index (χ1) is 13.7. The van der Waals surface area contributed by atoms with Gasteiger partial charge < -0.3 is 9.47 Å². The van der Waals surface area contributed by atoms with Gasteiger partial charge in [0.1, 0.15) is 5.56 Å². The molecule has 0 aliphatic heterocycles. The van der Waals surface area contributed by atoms with Crippen molar-refractivity contribution in [3.8, 4) is 6.01 Å². The van der Waals surface area contributed by atoms with Crippen LogP contribution in [0.4, 0.5) is 10.1 Å². The summed E-state index contributed by atoms with van der Waals surface area (Å²) in [5, 5.41) is 2.90. The number of esters is 1.